The van der Waals surface area contributed by atoms with E-state index in [0.29, 0.717) is 41.4 Å². The summed E-state index contributed by atoms with van der Waals surface area (Å²) >= 11 is 0. The first-order valence-corrected chi connectivity index (χ1v) is 11.6. The highest BCUT2D eigenvalue weighted by molar-refractivity contribution is 5.92. The van der Waals surface area contributed by atoms with Crippen LogP contribution in [0.2, 0.25) is 0 Å². The van der Waals surface area contributed by atoms with Crippen LogP contribution in [-0.2, 0) is 10.9 Å². The van der Waals surface area contributed by atoms with Crippen LogP contribution < -0.4 is 14.8 Å². The Labute approximate surface area is 210 Å². The van der Waals surface area contributed by atoms with E-state index in [0.717, 1.165) is 12.6 Å². The summed E-state index contributed by atoms with van der Waals surface area (Å²) in [5.74, 6) is -1.38. The highest BCUT2D eigenvalue weighted by Crippen LogP contribution is 2.38. The average Bonchev–Trinajstić information content (AvgIpc) is 2.82. The van der Waals surface area contributed by atoms with Gasteiger partial charge in [-0.2, -0.15) is 13.2 Å². The van der Waals surface area contributed by atoms with Crippen LogP contribution >= 0.6 is 0 Å². The number of ether oxygens (including phenoxy) is 3. The second kappa shape index (κ2) is 10.6. The maximum absolute atomic E-state index is 14.8. The molecule has 12 heteroatoms. The average molecular weight is 527 g/mol. The first kappa shape index (κ1) is 26.8. The van der Waals surface area contributed by atoms with Crippen LogP contribution in [0.15, 0.2) is 24.3 Å². The standard InChI is InChI=1S/C25H27F5N4O3/c1-13(17-7-15(26)8-19(23(17)27)25(28,29)30)31-24-18-9-22(37-12-16-11-34(3)5-6-36-16)21(35-4)10-20(18)32-14(2)33-24/h7-10,13,16H,5-6,11-12H2,1-4H3,(H,31,32,33)/t13-,16+/m1/s1. The summed E-state index contributed by atoms with van der Waals surface area (Å²) in [6.45, 7) is 5.42. The van der Waals surface area contributed by atoms with Gasteiger partial charge in [0.25, 0.3) is 0 Å². The minimum atomic E-state index is -5.04. The molecule has 200 valence electrons. The Morgan fingerprint density at radius 2 is 1.92 bits per heavy atom. The summed E-state index contributed by atoms with van der Waals surface area (Å²) in [5, 5.41) is 3.37. The molecular formula is C25H27F5N4O3. The van der Waals surface area contributed by atoms with Crippen LogP contribution in [-0.4, -0.2) is 61.4 Å². The number of fused-ring (bicyclic) bond motifs is 1. The van der Waals surface area contributed by atoms with Crippen LogP contribution in [0.4, 0.5) is 27.8 Å². The Hall–Kier alpha value is -3.25. The maximum Gasteiger partial charge on any atom is 0.419 e. The van der Waals surface area contributed by atoms with Gasteiger partial charge in [0.15, 0.2) is 11.5 Å². The molecule has 1 N–H and O–H groups in total. The first-order chi connectivity index (χ1) is 17.5. The lowest BCUT2D eigenvalue weighted by molar-refractivity contribution is -0.140. The van der Waals surface area contributed by atoms with Gasteiger partial charge in [0.2, 0.25) is 0 Å². The third-order valence-corrected chi connectivity index (χ3v) is 6.05. The van der Waals surface area contributed by atoms with Gasteiger partial charge in [0.05, 0.1) is 30.8 Å². The van der Waals surface area contributed by atoms with E-state index in [9.17, 15) is 22.0 Å². The Morgan fingerprint density at radius 1 is 1.16 bits per heavy atom. The zero-order valence-corrected chi connectivity index (χ0v) is 20.7. The molecular weight excluding hydrogens is 499 g/mol. The molecule has 3 aromatic rings. The van der Waals surface area contributed by atoms with Crippen LogP contribution in [0, 0.1) is 18.6 Å². The minimum absolute atomic E-state index is 0.138. The Bertz CT molecular complexity index is 1290. The lowest BCUT2D eigenvalue weighted by Crippen LogP contribution is -2.42. The monoisotopic (exact) mass is 526 g/mol. The van der Waals surface area contributed by atoms with Gasteiger partial charge < -0.3 is 24.4 Å². The van der Waals surface area contributed by atoms with Crippen molar-refractivity contribution >= 4 is 16.7 Å². The number of likely N-dealkylation sites (N-methyl/N-ethyl adjacent to an activating group) is 1. The molecule has 2 aromatic carbocycles. The molecule has 0 aliphatic carbocycles. The zero-order valence-electron chi connectivity index (χ0n) is 20.7. The van der Waals surface area contributed by atoms with E-state index < -0.39 is 35.0 Å². The van der Waals surface area contributed by atoms with Crippen molar-refractivity contribution in [1.82, 2.24) is 14.9 Å². The van der Waals surface area contributed by atoms with E-state index in [1.807, 2.05) is 7.05 Å². The maximum atomic E-state index is 14.8. The number of anilines is 1. The number of nitrogens with one attached hydrogen (secondary N) is 1. The molecule has 1 aromatic heterocycles. The number of hydrogen-bond acceptors (Lipinski definition) is 7. The first-order valence-electron chi connectivity index (χ1n) is 11.6. The van der Waals surface area contributed by atoms with Gasteiger partial charge in [-0.05, 0) is 39.1 Å². The molecule has 1 aliphatic heterocycles. The summed E-state index contributed by atoms with van der Waals surface area (Å²) in [5.41, 5.74) is -1.69. The van der Waals surface area contributed by atoms with Gasteiger partial charge in [-0.25, -0.2) is 18.7 Å². The quantitative estimate of drug-likeness (QED) is 0.429. The van der Waals surface area contributed by atoms with Crippen LogP contribution in [0.1, 0.15) is 29.9 Å². The zero-order chi connectivity index (χ0) is 26.9. The van der Waals surface area contributed by atoms with Crippen molar-refractivity contribution in [2.75, 3.05) is 45.8 Å². The molecule has 7 nitrogen and oxygen atoms in total. The van der Waals surface area contributed by atoms with Gasteiger partial charge in [0, 0.05) is 30.1 Å². The summed E-state index contributed by atoms with van der Waals surface area (Å²) in [4.78, 5) is 10.9. The minimum Gasteiger partial charge on any atom is -0.493 e. The molecule has 0 spiro atoms. The van der Waals surface area contributed by atoms with E-state index >= 15 is 0 Å². The third kappa shape index (κ3) is 6.02. The van der Waals surface area contributed by atoms with Crippen molar-refractivity contribution in [3.8, 4) is 11.5 Å². The molecule has 1 aliphatic rings. The number of aryl methyl sites for hydroxylation is 1. The molecule has 4 rings (SSSR count). The van der Waals surface area contributed by atoms with Crippen LogP contribution in [0.5, 0.6) is 11.5 Å². The molecule has 0 unspecified atom stereocenters. The Kier molecular flexibility index (Phi) is 7.69. The fourth-order valence-electron chi connectivity index (χ4n) is 4.20. The van der Waals surface area contributed by atoms with Crippen molar-refractivity contribution in [2.24, 2.45) is 0 Å². The second-order valence-corrected chi connectivity index (χ2v) is 8.93. The number of benzene rings is 2. The van der Waals surface area contributed by atoms with Gasteiger partial charge in [-0.1, -0.05) is 0 Å². The molecule has 1 fully saturated rings. The predicted molar refractivity (Wildman–Crippen MR) is 127 cm³/mol. The molecule has 0 radical (unpaired) electrons. The van der Waals surface area contributed by atoms with E-state index in [4.69, 9.17) is 14.2 Å². The SMILES string of the molecule is COc1cc2nc(C)nc(N[C@H](C)c3cc(F)cc(C(F)(F)F)c3F)c2cc1OC[C@@H]1CN(C)CCO1. The predicted octanol–water partition coefficient (Wildman–Crippen LogP) is 5.13. The fraction of sp³-hybridized carbons (Fsp3) is 0.440. The summed E-state index contributed by atoms with van der Waals surface area (Å²) in [6, 6.07) is 3.09. The molecule has 37 heavy (non-hydrogen) atoms. The molecule has 0 bridgehead atoms. The number of nitrogens with zero attached hydrogens (tertiary/aromatic N) is 3. The van der Waals surface area contributed by atoms with Crippen LogP contribution in [0.3, 0.4) is 0 Å². The van der Waals surface area contributed by atoms with Crippen molar-refractivity contribution < 1.29 is 36.2 Å². The third-order valence-electron chi connectivity index (χ3n) is 6.05. The molecule has 2 heterocycles. The number of alkyl halides is 3. The number of methoxy groups -OCH3 is 1. The van der Waals surface area contributed by atoms with E-state index in [1.165, 1.54) is 14.0 Å². The number of rotatable bonds is 7. The second-order valence-electron chi connectivity index (χ2n) is 8.93. The van der Waals surface area contributed by atoms with Gasteiger partial charge >= 0.3 is 6.18 Å². The van der Waals surface area contributed by atoms with Crippen molar-refractivity contribution in [3.63, 3.8) is 0 Å². The number of hydrogen-bond donors (Lipinski definition) is 1. The lowest BCUT2D eigenvalue weighted by Gasteiger charge is -2.30. The Morgan fingerprint density at radius 3 is 2.59 bits per heavy atom. The van der Waals surface area contributed by atoms with Crippen LogP contribution in [0.25, 0.3) is 10.9 Å². The van der Waals surface area contributed by atoms with Crippen molar-refractivity contribution in [1.29, 1.82) is 0 Å². The van der Waals surface area contributed by atoms with E-state index in [-0.39, 0.29) is 24.6 Å². The smallest absolute Gasteiger partial charge is 0.419 e. The van der Waals surface area contributed by atoms with Crippen molar-refractivity contribution in [2.45, 2.75) is 32.2 Å². The number of morpholine rings is 1. The summed E-state index contributed by atoms with van der Waals surface area (Å²) in [7, 11) is 3.48. The molecule has 0 amide bonds. The van der Waals surface area contributed by atoms with E-state index in [1.54, 1.807) is 19.1 Å². The Balaban J connectivity index is 1.68. The van der Waals surface area contributed by atoms with Gasteiger partial charge in [-0.15, -0.1) is 0 Å². The molecule has 2 atom stereocenters. The van der Waals surface area contributed by atoms with Gasteiger partial charge in [-0.3, -0.25) is 0 Å². The highest BCUT2D eigenvalue weighted by Gasteiger charge is 2.36. The fourth-order valence-corrected chi connectivity index (χ4v) is 4.20. The summed E-state index contributed by atoms with van der Waals surface area (Å²) < 4.78 is 85.6. The van der Waals surface area contributed by atoms with Gasteiger partial charge in [0.1, 0.15) is 36.0 Å². The van der Waals surface area contributed by atoms with Crippen molar-refractivity contribution in [3.05, 3.63) is 52.9 Å². The lowest BCUT2D eigenvalue weighted by atomic mass is 10.0. The number of halogens is 5. The largest absolute Gasteiger partial charge is 0.493 e. The highest BCUT2D eigenvalue weighted by atomic mass is 19.4. The topological polar surface area (TPSA) is 68.7 Å². The molecule has 0 saturated carbocycles. The normalized spacial score (nSPS) is 17.6. The molecule has 1 saturated heterocycles. The van der Waals surface area contributed by atoms with E-state index in [2.05, 4.69) is 20.2 Å². The summed E-state index contributed by atoms with van der Waals surface area (Å²) in [6.07, 6.45) is -5.19. The number of aromatic nitrogens is 2.